The topological polar surface area (TPSA) is 99.0 Å². The highest BCUT2D eigenvalue weighted by Gasteiger charge is 2.36. The standard InChI is InChI=1S/C20H23N5O5/c1-13(30-16-4-5-17-18(7-16)29-12-28-17)20(27)24-10-15(11-24)25-9-14(21-22-25)8-23-6-2-3-19(23)26/h4-5,7,9,13,15H,2-3,6,8,10-12H2,1H3. The molecule has 10 nitrogen and oxygen atoms in total. The lowest BCUT2D eigenvalue weighted by Crippen LogP contribution is -2.54. The molecule has 0 aliphatic carbocycles. The Morgan fingerprint density at radius 1 is 1.30 bits per heavy atom. The molecule has 4 heterocycles. The van der Waals surface area contributed by atoms with Crippen molar-refractivity contribution in [2.75, 3.05) is 26.4 Å². The van der Waals surface area contributed by atoms with Crippen LogP contribution in [0.4, 0.5) is 0 Å². The molecule has 2 amide bonds. The third-order valence-electron chi connectivity index (χ3n) is 5.63. The predicted octanol–water partition coefficient (Wildman–Crippen LogP) is 0.980. The Balaban J connectivity index is 1.13. The number of ether oxygens (including phenoxy) is 3. The molecule has 2 aromatic rings. The normalized spacial score (nSPS) is 19.2. The number of aromatic nitrogens is 3. The van der Waals surface area contributed by atoms with Crippen LogP contribution in [0, 0.1) is 0 Å². The van der Waals surface area contributed by atoms with Gasteiger partial charge in [-0.3, -0.25) is 9.59 Å². The summed E-state index contributed by atoms with van der Waals surface area (Å²) in [6.07, 6.45) is 2.77. The van der Waals surface area contributed by atoms with E-state index in [2.05, 4.69) is 10.3 Å². The van der Waals surface area contributed by atoms with Crippen molar-refractivity contribution in [3.8, 4) is 17.2 Å². The number of amides is 2. The van der Waals surface area contributed by atoms with Gasteiger partial charge in [0.05, 0.1) is 18.8 Å². The van der Waals surface area contributed by atoms with E-state index in [4.69, 9.17) is 14.2 Å². The summed E-state index contributed by atoms with van der Waals surface area (Å²) in [5.41, 5.74) is 0.773. The Labute approximate surface area is 173 Å². The lowest BCUT2D eigenvalue weighted by atomic mass is 10.1. The fraction of sp³-hybridized carbons (Fsp3) is 0.500. The summed E-state index contributed by atoms with van der Waals surface area (Å²) < 4.78 is 18.2. The van der Waals surface area contributed by atoms with Crippen molar-refractivity contribution in [3.05, 3.63) is 30.1 Å². The van der Waals surface area contributed by atoms with Gasteiger partial charge in [0.2, 0.25) is 12.7 Å². The lowest BCUT2D eigenvalue weighted by Gasteiger charge is -2.40. The van der Waals surface area contributed by atoms with Crippen molar-refractivity contribution < 1.29 is 23.8 Å². The molecule has 30 heavy (non-hydrogen) atoms. The fourth-order valence-electron chi connectivity index (χ4n) is 3.90. The van der Waals surface area contributed by atoms with Gasteiger partial charge in [-0.2, -0.15) is 0 Å². The van der Waals surface area contributed by atoms with Crippen molar-refractivity contribution in [2.24, 2.45) is 0 Å². The monoisotopic (exact) mass is 413 g/mol. The van der Waals surface area contributed by atoms with E-state index in [0.717, 1.165) is 18.7 Å². The van der Waals surface area contributed by atoms with E-state index in [1.807, 2.05) is 6.20 Å². The lowest BCUT2D eigenvalue weighted by molar-refractivity contribution is -0.144. The van der Waals surface area contributed by atoms with Crippen LogP contribution in [0.1, 0.15) is 31.5 Å². The number of nitrogens with zero attached hydrogens (tertiary/aromatic N) is 5. The predicted molar refractivity (Wildman–Crippen MR) is 103 cm³/mol. The van der Waals surface area contributed by atoms with Crippen LogP contribution in [-0.2, 0) is 16.1 Å². The highest BCUT2D eigenvalue weighted by molar-refractivity contribution is 5.81. The number of carbonyl (C=O) groups is 2. The van der Waals surface area contributed by atoms with Gasteiger partial charge >= 0.3 is 0 Å². The third kappa shape index (κ3) is 3.53. The molecule has 0 radical (unpaired) electrons. The molecule has 0 saturated carbocycles. The van der Waals surface area contributed by atoms with E-state index >= 15 is 0 Å². The number of carbonyl (C=O) groups excluding carboxylic acids is 2. The molecule has 2 fully saturated rings. The first-order valence-corrected chi connectivity index (χ1v) is 10.1. The average molecular weight is 413 g/mol. The van der Waals surface area contributed by atoms with Crippen LogP contribution in [0.3, 0.4) is 0 Å². The number of hydrogen-bond acceptors (Lipinski definition) is 7. The summed E-state index contributed by atoms with van der Waals surface area (Å²) in [7, 11) is 0. The van der Waals surface area contributed by atoms with E-state index in [1.165, 1.54) is 0 Å². The molecule has 2 saturated heterocycles. The summed E-state index contributed by atoms with van der Waals surface area (Å²) in [5, 5.41) is 8.35. The second kappa shape index (κ2) is 7.51. The van der Waals surface area contributed by atoms with Crippen LogP contribution in [0.5, 0.6) is 17.2 Å². The molecular weight excluding hydrogens is 390 g/mol. The first kappa shape index (κ1) is 18.7. The Bertz CT molecular complexity index is 970. The fourth-order valence-corrected chi connectivity index (χ4v) is 3.90. The Morgan fingerprint density at radius 3 is 2.93 bits per heavy atom. The maximum atomic E-state index is 12.7. The van der Waals surface area contributed by atoms with Crippen LogP contribution >= 0.6 is 0 Å². The Hall–Kier alpha value is -3.30. The summed E-state index contributed by atoms with van der Waals surface area (Å²) in [4.78, 5) is 28.0. The molecule has 3 aliphatic rings. The van der Waals surface area contributed by atoms with Crippen molar-refractivity contribution in [2.45, 2.75) is 38.5 Å². The smallest absolute Gasteiger partial charge is 0.263 e. The summed E-state index contributed by atoms with van der Waals surface area (Å²) >= 11 is 0. The van der Waals surface area contributed by atoms with Gasteiger partial charge in [0.15, 0.2) is 17.6 Å². The first-order chi connectivity index (χ1) is 14.6. The SMILES string of the molecule is CC(Oc1ccc2c(c1)OCO2)C(=O)N1CC(n2cc(CN3CCCC3=O)nn2)C1. The molecule has 1 unspecified atom stereocenters. The number of likely N-dealkylation sites (tertiary alicyclic amines) is 2. The van der Waals surface area contributed by atoms with E-state index in [0.29, 0.717) is 43.3 Å². The minimum Gasteiger partial charge on any atom is -0.481 e. The van der Waals surface area contributed by atoms with Crippen LogP contribution in [0.15, 0.2) is 24.4 Å². The zero-order valence-electron chi connectivity index (χ0n) is 16.7. The third-order valence-corrected chi connectivity index (χ3v) is 5.63. The van der Waals surface area contributed by atoms with Gasteiger partial charge < -0.3 is 24.0 Å². The summed E-state index contributed by atoms with van der Waals surface area (Å²) in [6.45, 7) is 4.31. The van der Waals surface area contributed by atoms with E-state index < -0.39 is 6.10 Å². The highest BCUT2D eigenvalue weighted by atomic mass is 16.7. The van der Waals surface area contributed by atoms with Gasteiger partial charge in [0.1, 0.15) is 11.4 Å². The molecule has 0 bridgehead atoms. The van der Waals surface area contributed by atoms with Crippen LogP contribution in [-0.4, -0.2) is 69.1 Å². The molecular formula is C20H23N5O5. The molecule has 10 heteroatoms. The molecule has 3 aliphatic heterocycles. The Kier molecular flexibility index (Phi) is 4.68. The molecule has 1 aromatic heterocycles. The number of hydrogen-bond donors (Lipinski definition) is 0. The summed E-state index contributed by atoms with van der Waals surface area (Å²) in [5.74, 6) is 1.95. The quantitative estimate of drug-likeness (QED) is 0.696. The van der Waals surface area contributed by atoms with Gasteiger partial charge in [-0.15, -0.1) is 5.10 Å². The highest BCUT2D eigenvalue weighted by Crippen LogP contribution is 2.35. The van der Waals surface area contributed by atoms with Crippen molar-refractivity contribution in [3.63, 3.8) is 0 Å². The van der Waals surface area contributed by atoms with E-state index in [-0.39, 0.29) is 24.6 Å². The maximum Gasteiger partial charge on any atom is 0.263 e. The number of fused-ring (bicyclic) bond motifs is 1. The molecule has 5 rings (SSSR count). The van der Waals surface area contributed by atoms with E-state index in [1.54, 1.807) is 39.6 Å². The van der Waals surface area contributed by atoms with E-state index in [9.17, 15) is 9.59 Å². The van der Waals surface area contributed by atoms with Gasteiger partial charge in [-0.25, -0.2) is 4.68 Å². The van der Waals surface area contributed by atoms with Gasteiger partial charge in [0.25, 0.3) is 5.91 Å². The second-order valence-electron chi connectivity index (χ2n) is 7.78. The minimum atomic E-state index is -0.612. The van der Waals surface area contributed by atoms with Gasteiger partial charge in [0, 0.05) is 32.1 Å². The molecule has 1 atom stereocenters. The average Bonchev–Trinajstić information content (AvgIpc) is 3.43. The van der Waals surface area contributed by atoms with Crippen molar-refractivity contribution in [1.82, 2.24) is 24.8 Å². The van der Waals surface area contributed by atoms with Crippen LogP contribution in [0.2, 0.25) is 0 Å². The largest absolute Gasteiger partial charge is 0.481 e. The first-order valence-electron chi connectivity index (χ1n) is 10.1. The maximum absolute atomic E-state index is 12.7. The number of rotatable bonds is 6. The van der Waals surface area contributed by atoms with Crippen LogP contribution < -0.4 is 14.2 Å². The zero-order chi connectivity index (χ0) is 20.7. The molecule has 1 aromatic carbocycles. The van der Waals surface area contributed by atoms with Crippen molar-refractivity contribution in [1.29, 1.82) is 0 Å². The van der Waals surface area contributed by atoms with Crippen molar-refractivity contribution >= 4 is 11.8 Å². The molecule has 0 N–H and O–H groups in total. The molecule has 0 spiro atoms. The van der Waals surface area contributed by atoms with Crippen LogP contribution in [0.25, 0.3) is 0 Å². The summed E-state index contributed by atoms with van der Waals surface area (Å²) in [6, 6.07) is 5.35. The Morgan fingerprint density at radius 2 is 2.13 bits per heavy atom. The van der Waals surface area contributed by atoms with Gasteiger partial charge in [-0.1, -0.05) is 5.21 Å². The second-order valence-corrected chi connectivity index (χ2v) is 7.78. The zero-order valence-corrected chi connectivity index (χ0v) is 16.7. The molecule has 158 valence electrons. The number of benzene rings is 1. The van der Waals surface area contributed by atoms with Gasteiger partial charge in [-0.05, 0) is 25.5 Å². The minimum absolute atomic E-state index is 0.0769.